The summed E-state index contributed by atoms with van der Waals surface area (Å²) >= 11 is 6.29. The molecule has 19 heavy (non-hydrogen) atoms. The molecule has 0 aromatic heterocycles. The van der Waals surface area contributed by atoms with Gasteiger partial charge in [-0.15, -0.1) is 0 Å². The standard InChI is InChI=1S/C15H20ClNO2/c1-14(2)9-17(10-15(3,4)19-14)13-6-5-11(8-18)7-12(13)16/h5-8H,9-10H2,1-4H3. The number of halogens is 1. The average molecular weight is 282 g/mol. The monoisotopic (exact) mass is 281 g/mol. The maximum absolute atomic E-state index is 10.8. The van der Waals surface area contributed by atoms with E-state index < -0.39 is 0 Å². The maximum Gasteiger partial charge on any atom is 0.150 e. The van der Waals surface area contributed by atoms with Gasteiger partial charge in [-0.2, -0.15) is 0 Å². The predicted molar refractivity (Wildman–Crippen MR) is 78.3 cm³/mol. The molecule has 1 heterocycles. The first-order valence-corrected chi connectivity index (χ1v) is 6.80. The van der Waals surface area contributed by atoms with E-state index in [1.165, 1.54) is 0 Å². The number of nitrogens with zero attached hydrogens (tertiary/aromatic N) is 1. The molecule has 0 atom stereocenters. The van der Waals surface area contributed by atoms with Crippen LogP contribution in [0.15, 0.2) is 18.2 Å². The van der Waals surface area contributed by atoms with Crippen LogP contribution >= 0.6 is 11.6 Å². The largest absolute Gasteiger partial charge is 0.366 e. The molecule has 1 saturated heterocycles. The van der Waals surface area contributed by atoms with Crippen molar-refractivity contribution >= 4 is 23.6 Å². The van der Waals surface area contributed by atoms with Gasteiger partial charge in [-0.3, -0.25) is 4.79 Å². The highest BCUT2D eigenvalue weighted by Gasteiger charge is 2.38. The predicted octanol–water partition coefficient (Wildman–Crippen LogP) is 3.55. The first-order chi connectivity index (χ1) is 8.72. The van der Waals surface area contributed by atoms with Crippen molar-refractivity contribution in [2.75, 3.05) is 18.0 Å². The second-order valence-corrected chi connectivity index (χ2v) is 6.71. The van der Waals surface area contributed by atoms with E-state index in [0.29, 0.717) is 10.6 Å². The van der Waals surface area contributed by atoms with E-state index in [2.05, 4.69) is 32.6 Å². The first kappa shape index (κ1) is 14.4. The summed E-state index contributed by atoms with van der Waals surface area (Å²) in [6, 6.07) is 5.41. The number of carbonyl (C=O) groups is 1. The smallest absolute Gasteiger partial charge is 0.150 e. The van der Waals surface area contributed by atoms with Gasteiger partial charge in [-0.1, -0.05) is 11.6 Å². The molecule has 0 aliphatic carbocycles. The van der Waals surface area contributed by atoms with Crippen LogP contribution in [0.1, 0.15) is 38.1 Å². The molecule has 1 aromatic carbocycles. The number of hydrogen-bond donors (Lipinski definition) is 0. The van der Waals surface area contributed by atoms with Crippen molar-refractivity contribution in [2.24, 2.45) is 0 Å². The summed E-state index contributed by atoms with van der Waals surface area (Å²) in [4.78, 5) is 13.0. The Labute approximate surface area is 119 Å². The van der Waals surface area contributed by atoms with Crippen molar-refractivity contribution in [1.29, 1.82) is 0 Å². The van der Waals surface area contributed by atoms with Crippen LogP contribution in [0.5, 0.6) is 0 Å². The highest BCUT2D eigenvalue weighted by atomic mass is 35.5. The van der Waals surface area contributed by atoms with E-state index in [1.54, 1.807) is 12.1 Å². The highest BCUT2D eigenvalue weighted by Crippen LogP contribution is 2.34. The van der Waals surface area contributed by atoms with Gasteiger partial charge in [0.05, 0.1) is 21.9 Å². The Morgan fingerprint density at radius 3 is 2.26 bits per heavy atom. The molecule has 1 aromatic rings. The van der Waals surface area contributed by atoms with Gasteiger partial charge in [0.1, 0.15) is 6.29 Å². The summed E-state index contributed by atoms with van der Waals surface area (Å²) in [6.45, 7) is 9.86. The van der Waals surface area contributed by atoms with E-state index in [-0.39, 0.29) is 11.2 Å². The Morgan fingerprint density at radius 2 is 1.79 bits per heavy atom. The van der Waals surface area contributed by atoms with E-state index in [1.807, 2.05) is 6.07 Å². The van der Waals surface area contributed by atoms with Crippen LogP contribution in [0.4, 0.5) is 5.69 Å². The highest BCUT2D eigenvalue weighted by molar-refractivity contribution is 6.33. The quantitative estimate of drug-likeness (QED) is 0.777. The van der Waals surface area contributed by atoms with Crippen molar-refractivity contribution in [3.63, 3.8) is 0 Å². The molecule has 0 spiro atoms. The third kappa shape index (κ3) is 3.28. The molecule has 0 saturated carbocycles. The maximum atomic E-state index is 10.8. The third-order valence-electron chi connectivity index (χ3n) is 3.14. The molecule has 0 bridgehead atoms. The molecular formula is C15H20ClNO2. The SMILES string of the molecule is CC1(C)CN(c2ccc(C=O)cc2Cl)CC(C)(C)O1. The van der Waals surface area contributed by atoms with Crippen molar-refractivity contribution in [3.05, 3.63) is 28.8 Å². The van der Waals surface area contributed by atoms with Crippen LogP contribution in [0.3, 0.4) is 0 Å². The van der Waals surface area contributed by atoms with E-state index in [9.17, 15) is 4.79 Å². The summed E-state index contributed by atoms with van der Waals surface area (Å²) in [6.07, 6.45) is 0.808. The van der Waals surface area contributed by atoms with Crippen LogP contribution in [0.25, 0.3) is 0 Å². The second-order valence-electron chi connectivity index (χ2n) is 6.31. The molecule has 3 nitrogen and oxygen atoms in total. The number of benzene rings is 1. The van der Waals surface area contributed by atoms with Crippen molar-refractivity contribution in [2.45, 2.75) is 38.9 Å². The second kappa shape index (κ2) is 4.80. The molecule has 1 aliphatic rings. The molecule has 1 fully saturated rings. The van der Waals surface area contributed by atoms with E-state index in [4.69, 9.17) is 16.3 Å². The summed E-state index contributed by atoms with van der Waals surface area (Å²) in [5.74, 6) is 0. The van der Waals surface area contributed by atoms with Gasteiger partial charge in [0, 0.05) is 18.7 Å². The fourth-order valence-electron chi connectivity index (χ4n) is 2.81. The normalized spacial score (nSPS) is 21.2. The minimum Gasteiger partial charge on any atom is -0.366 e. The van der Waals surface area contributed by atoms with Gasteiger partial charge >= 0.3 is 0 Å². The van der Waals surface area contributed by atoms with Crippen molar-refractivity contribution < 1.29 is 9.53 Å². The van der Waals surface area contributed by atoms with Crippen LogP contribution in [-0.2, 0) is 4.74 Å². The van der Waals surface area contributed by atoms with Gasteiger partial charge in [0.2, 0.25) is 0 Å². The van der Waals surface area contributed by atoms with Gasteiger partial charge in [-0.05, 0) is 45.9 Å². The lowest BCUT2D eigenvalue weighted by atomic mass is 9.98. The molecule has 0 N–H and O–H groups in total. The molecule has 4 heteroatoms. The minimum atomic E-state index is -0.228. The van der Waals surface area contributed by atoms with Crippen molar-refractivity contribution in [1.82, 2.24) is 0 Å². The Bertz CT molecular complexity index is 481. The number of morpholine rings is 1. The molecule has 1 aliphatic heterocycles. The molecule has 0 unspecified atom stereocenters. The van der Waals surface area contributed by atoms with Crippen molar-refractivity contribution in [3.8, 4) is 0 Å². The van der Waals surface area contributed by atoms with Crippen LogP contribution in [-0.4, -0.2) is 30.6 Å². The molecule has 0 amide bonds. The van der Waals surface area contributed by atoms with Gasteiger partial charge < -0.3 is 9.64 Å². The summed E-state index contributed by atoms with van der Waals surface area (Å²) in [7, 11) is 0. The number of anilines is 1. The number of hydrogen-bond acceptors (Lipinski definition) is 3. The topological polar surface area (TPSA) is 29.5 Å². The van der Waals surface area contributed by atoms with E-state index >= 15 is 0 Å². The number of carbonyl (C=O) groups excluding carboxylic acids is 1. The fourth-order valence-corrected chi connectivity index (χ4v) is 3.12. The molecular weight excluding hydrogens is 262 g/mol. The number of aldehydes is 1. The molecule has 104 valence electrons. The van der Waals surface area contributed by atoms with E-state index in [0.717, 1.165) is 25.1 Å². The first-order valence-electron chi connectivity index (χ1n) is 6.42. The molecule has 0 radical (unpaired) electrons. The summed E-state index contributed by atoms with van der Waals surface area (Å²) in [5.41, 5.74) is 1.10. The lowest BCUT2D eigenvalue weighted by molar-refractivity contribution is -0.133. The Kier molecular flexibility index (Phi) is 3.63. The van der Waals surface area contributed by atoms with Gasteiger partial charge in [-0.25, -0.2) is 0 Å². The molecule has 2 rings (SSSR count). The Hall–Kier alpha value is -1.06. The zero-order valence-corrected chi connectivity index (χ0v) is 12.6. The lowest BCUT2D eigenvalue weighted by Crippen LogP contribution is -2.57. The van der Waals surface area contributed by atoms with Crippen LogP contribution in [0, 0.1) is 0 Å². The fraction of sp³-hybridized carbons (Fsp3) is 0.533. The minimum absolute atomic E-state index is 0.228. The summed E-state index contributed by atoms with van der Waals surface area (Å²) in [5, 5.41) is 0.609. The zero-order chi connectivity index (χ0) is 14.3. The lowest BCUT2D eigenvalue weighted by Gasteiger charge is -2.48. The average Bonchev–Trinajstić information content (AvgIpc) is 2.24. The Balaban J connectivity index is 2.33. The van der Waals surface area contributed by atoms with Crippen LogP contribution < -0.4 is 4.90 Å². The summed E-state index contributed by atoms with van der Waals surface area (Å²) < 4.78 is 6.06. The number of rotatable bonds is 2. The third-order valence-corrected chi connectivity index (χ3v) is 3.45. The Morgan fingerprint density at radius 1 is 1.21 bits per heavy atom. The van der Waals surface area contributed by atoms with Gasteiger partial charge in [0.15, 0.2) is 0 Å². The van der Waals surface area contributed by atoms with Gasteiger partial charge in [0.25, 0.3) is 0 Å². The number of ether oxygens (including phenoxy) is 1. The van der Waals surface area contributed by atoms with Crippen LogP contribution in [0.2, 0.25) is 5.02 Å². The zero-order valence-electron chi connectivity index (χ0n) is 11.9.